The molecule has 0 bridgehead atoms. The molecule has 0 atom stereocenters. The Morgan fingerprint density at radius 1 is 1.56 bits per heavy atom. The lowest BCUT2D eigenvalue weighted by molar-refractivity contribution is 1.13. The highest BCUT2D eigenvalue weighted by molar-refractivity contribution is 7.80. The topological polar surface area (TPSA) is 36.7 Å². The first kappa shape index (κ1) is 5.99. The van der Waals surface area contributed by atoms with Crippen molar-refractivity contribution in [3.63, 3.8) is 0 Å². The monoisotopic (exact) mass is 135 g/mol. The maximum atomic E-state index is 8.30. The minimum Gasteiger partial charge on any atom is -0.244 e. The normalized spacial score (nSPS) is 8.33. The molecule has 3 heteroatoms. The molecule has 0 N–H and O–H groups in total. The van der Waals surface area contributed by atoms with Crippen molar-refractivity contribution in [3.8, 4) is 6.07 Å². The summed E-state index contributed by atoms with van der Waals surface area (Å²) in [5.41, 5.74) is 0.545. The Balaban J connectivity index is 3.06. The number of nitriles is 1. The van der Waals surface area contributed by atoms with E-state index in [1.807, 2.05) is 6.07 Å². The van der Waals surface area contributed by atoms with Gasteiger partial charge in [-0.2, -0.15) is 5.26 Å². The molecule has 1 aromatic rings. The standard InChI is InChI=1S/C6H3N2S/c7-3-5-1-2-6(9)8-4-5/h1-2,4H. The van der Waals surface area contributed by atoms with E-state index in [0.29, 0.717) is 10.6 Å². The van der Waals surface area contributed by atoms with Crippen LogP contribution in [0.2, 0.25) is 0 Å². The second-order valence-corrected chi connectivity index (χ2v) is 1.92. The molecular formula is C6H3N2S. The third-order valence-corrected chi connectivity index (χ3v) is 1.11. The van der Waals surface area contributed by atoms with Crippen LogP contribution in [-0.4, -0.2) is 4.98 Å². The molecule has 0 saturated heterocycles. The van der Waals surface area contributed by atoms with Crippen molar-refractivity contribution >= 4 is 12.6 Å². The first-order chi connectivity index (χ1) is 4.33. The Bertz CT molecular complexity index is 234. The van der Waals surface area contributed by atoms with Crippen LogP contribution >= 0.6 is 12.6 Å². The zero-order chi connectivity index (χ0) is 6.69. The van der Waals surface area contributed by atoms with Gasteiger partial charge in [0.25, 0.3) is 0 Å². The van der Waals surface area contributed by atoms with E-state index in [9.17, 15) is 0 Å². The lowest BCUT2D eigenvalue weighted by Crippen LogP contribution is -1.76. The van der Waals surface area contributed by atoms with Crippen LogP contribution in [0.25, 0.3) is 0 Å². The van der Waals surface area contributed by atoms with Gasteiger partial charge in [-0.3, -0.25) is 0 Å². The predicted octanol–water partition coefficient (Wildman–Crippen LogP) is 1.51. The molecule has 0 aliphatic heterocycles. The van der Waals surface area contributed by atoms with E-state index in [0.717, 1.165) is 0 Å². The molecule has 0 aromatic carbocycles. The van der Waals surface area contributed by atoms with Crippen LogP contribution in [0.5, 0.6) is 0 Å². The van der Waals surface area contributed by atoms with Gasteiger partial charge < -0.3 is 0 Å². The van der Waals surface area contributed by atoms with E-state index in [1.165, 1.54) is 6.20 Å². The first-order valence-corrected chi connectivity index (χ1v) is 2.77. The average molecular weight is 135 g/mol. The van der Waals surface area contributed by atoms with Crippen molar-refractivity contribution < 1.29 is 0 Å². The fraction of sp³-hybridized carbons (Fsp3) is 0. The zero-order valence-corrected chi connectivity index (χ0v) is 5.35. The highest BCUT2D eigenvalue weighted by Crippen LogP contribution is 2.00. The van der Waals surface area contributed by atoms with Crippen LogP contribution in [-0.2, 0) is 0 Å². The van der Waals surface area contributed by atoms with Crippen LogP contribution < -0.4 is 0 Å². The van der Waals surface area contributed by atoms with Gasteiger partial charge in [0.05, 0.1) is 5.56 Å². The number of aromatic nitrogens is 1. The van der Waals surface area contributed by atoms with Crippen molar-refractivity contribution in [2.24, 2.45) is 0 Å². The molecule has 0 saturated carbocycles. The molecular weight excluding hydrogens is 132 g/mol. The van der Waals surface area contributed by atoms with Gasteiger partial charge >= 0.3 is 0 Å². The largest absolute Gasteiger partial charge is 0.244 e. The fourth-order valence-electron chi connectivity index (χ4n) is 0.446. The van der Waals surface area contributed by atoms with E-state index in [1.54, 1.807) is 12.1 Å². The molecule has 1 heterocycles. The van der Waals surface area contributed by atoms with E-state index in [-0.39, 0.29) is 0 Å². The van der Waals surface area contributed by atoms with E-state index < -0.39 is 0 Å². The summed E-state index contributed by atoms with van der Waals surface area (Å²) in [5, 5.41) is 8.83. The number of rotatable bonds is 0. The van der Waals surface area contributed by atoms with E-state index in [2.05, 4.69) is 4.98 Å². The van der Waals surface area contributed by atoms with Crippen molar-refractivity contribution in [1.82, 2.24) is 4.98 Å². The Kier molecular flexibility index (Phi) is 1.61. The minimum absolute atomic E-state index is 0.522. The molecule has 1 rings (SSSR count). The smallest absolute Gasteiger partial charge is 0.126 e. The van der Waals surface area contributed by atoms with Gasteiger partial charge in [0.2, 0.25) is 0 Å². The van der Waals surface area contributed by atoms with Crippen LogP contribution in [0.4, 0.5) is 0 Å². The summed E-state index contributed by atoms with van der Waals surface area (Å²) >= 11 is 4.70. The summed E-state index contributed by atoms with van der Waals surface area (Å²) < 4.78 is 0. The highest BCUT2D eigenvalue weighted by Gasteiger charge is 1.87. The SMILES string of the molecule is N#Cc1ccc([S])nc1. The van der Waals surface area contributed by atoms with Crippen LogP contribution in [0, 0.1) is 11.3 Å². The average Bonchev–Trinajstić information content (AvgIpc) is 1.90. The van der Waals surface area contributed by atoms with Crippen molar-refractivity contribution in [2.75, 3.05) is 0 Å². The van der Waals surface area contributed by atoms with Crippen molar-refractivity contribution in [1.29, 1.82) is 5.26 Å². The quantitative estimate of drug-likeness (QED) is 0.540. The molecule has 1 radical (unpaired) electrons. The van der Waals surface area contributed by atoms with Gasteiger partial charge in [0.15, 0.2) is 0 Å². The maximum absolute atomic E-state index is 8.30. The van der Waals surface area contributed by atoms with Crippen molar-refractivity contribution in [2.45, 2.75) is 5.03 Å². The van der Waals surface area contributed by atoms with Gasteiger partial charge in [-0.25, -0.2) is 4.98 Å². The molecule has 2 nitrogen and oxygen atoms in total. The molecule has 0 amide bonds. The summed E-state index contributed by atoms with van der Waals surface area (Å²) in [5.74, 6) is 0. The van der Waals surface area contributed by atoms with Gasteiger partial charge in [-0.05, 0) is 12.1 Å². The summed E-state index contributed by atoms with van der Waals surface area (Å²) in [6, 6.07) is 5.23. The summed E-state index contributed by atoms with van der Waals surface area (Å²) in [4.78, 5) is 3.74. The summed E-state index contributed by atoms with van der Waals surface area (Å²) in [6.45, 7) is 0. The second kappa shape index (κ2) is 2.42. The van der Waals surface area contributed by atoms with Crippen LogP contribution in [0.1, 0.15) is 5.56 Å². The Morgan fingerprint density at radius 2 is 2.33 bits per heavy atom. The molecule has 0 unspecified atom stereocenters. The third-order valence-electron chi connectivity index (χ3n) is 0.865. The Morgan fingerprint density at radius 3 is 2.78 bits per heavy atom. The van der Waals surface area contributed by atoms with E-state index in [4.69, 9.17) is 17.9 Å². The van der Waals surface area contributed by atoms with Crippen molar-refractivity contribution in [3.05, 3.63) is 23.9 Å². The Labute approximate surface area is 58.6 Å². The van der Waals surface area contributed by atoms with Crippen LogP contribution in [0.15, 0.2) is 23.4 Å². The Hall–Kier alpha value is -1.14. The van der Waals surface area contributed by atoms with Crippen LogP contribution in [0.3, 0.4) is 0 Å². The molecule has 0 fully saturated rings. The predicted molar refractivity (Wildman–Crippen MR) is 34.8 cm³/mol. The summed E-state index contributed by atoms with van der Waals surface area (Å²) in [6.07, 6.45) is 1.46. The van der Waals surface area contributed by atoms with Gasteiger partial charge in [-0.1, -0.05) is 12.6 Å². The zero-order valence-electron chi connectivity index (χ0n) is 4.53. The molecule has 0 aliphatic rings. The molecule has 43 valence electrons. The van der Waals surface area contributed by atoms with Gasteiger partial charge in [-0.15, -0.1) is 0 Å². The number of nitrogens with zero attached hydrogens (tertiary/aromatic N) is 2. The summed E-state index contributed by atoms with van der Waals surface area (Å²) in [7, 11) is 0. The minimum atomic E-state index is 0.522. The lowest BCUT2D eigenvalue weighted by Gasteiger charge is -1.85. The fourth-order valence-corrected chi connectivity index (χ4v) is 0.567. The molecule has 0 aliphatic carbocycles. The second-order valence-electron chi connectivity index (χ2n) is 1.50. The number of pyridine rings is 1. The lowest BCUT2D eigenvalue weighted by atomic mass is 10.3. The third kappa shape index (κ3) is 1.37. The number of hydrogen-bond donors (Lipinski definition) is 0. The van der Waals surface area contributed by atoms with Gasteiger partial charge in [0, 0.05) is 6.20 Å². The van der Waals surface area contributed by atoms with Gasteiger partial charge in [0.1, 0.15) is 11.1 Å². The highest BCUT2D eigenvalue weighted by atomic mass is 32.1. The molecule has 9 heavy (non-hydrogen) atoms. The molecule has 0 spiro atoms. The van der Waals surface area contributed by atoms with E-state index >= 15 is 0 Å². The number of hydrogen-bond acceptors (Lipinski definition) is 2. The first-order valence-electron chi connectivity index (χ1n) is 2.36. The molecule has 1 aromatic heterocycles. The maximum Gasteiger partial charge on any atom is 0.126 e.